The van der Waals surface area contributed by atoms with Crippen molar-refractivity contribution in [1.82, 2.24) is 10.6 Å². The molecule has 2 rings (SSSR count). The minimum Gasteiger partial charge on any atom is -0.462 e. The van der Waals surface area contributed by atoms with E-state index in [0.29, 0.717) is 25.7 Å². The zero-order valence-electron chi connectivity index (χ0n) is 45.8. The van der Waals surface area contributed by atoms with Crippen molar-refractivity contribution in [2.45, 2.75) is 307 Å². The van der Waals surface area contributed by atoms with E-state index in [-0.39, 0.29) is 25.9 Å². The molecule has 12 atom stereocenters. The van der Waals surface area contributed by atoms with Gasteiger partial charge in [0.25, 0.3) is 0 Å². The fourth-order valence-corrected chi connectivity index (χ4v) is 10.4. The standard InChI is InChI=1S/C54H103N2O17P/c1-5-9-12-15-18-21-24-27-30-33-40(58)36-44(59)55-47-50(63)49(62)43(72-53(47)68-8-4)39-69-54-48(51(64)52(42(38-57)71-54)73-74(65,66)67)56-45(60)37-41(34-31-28-25-22-19-16-13-10-6-2)70-46(61)35-32-29-26-23-20-17-14-11-7-3/h40-43,47-54,57-58,62-64H,5-39H2,1-4H3,(H,55,59)(H,56,60)(H2,65,66,67)/t40-,41-,42?,43?,47-,48-,49+,50-,51-,52+,53?,54?/m1/s1. The van der Waals surface area contributed by atoms with Crippen molar-refractivity contribution in [2.24, 2.45) is 0 Å². The Morgan fingerprint density at radius 3 is 1.47 bits per heavy atom. The Morgan fingerprint density at radius 1 is 0.554 bits per heavy atom. The van der Waals surface area contributed by atoms with Gasteiger partial charge in [-0.25, -0.2) is 4.57 Å². The van der Waals surface area contributed by atoms with E-state index >= 15 is 0 Å². The van der Waals surface area contributed by atoms with Crippen LogP contribution >= 0.6 is 7.82 Å². The van der Waals surface area contributed by atoms with Crippen LogP contribution in [0.5, 0.6) is 0 Å². The molecule has 0 saturated carbocycles. The first kappa shape index (κ1) is 68.3. The quantitative estimate of drug-likeness (QED) is 0.0159. The lowest BCUT2D eigenvalue weighted by molar-refractivity contribution is -0.302. The number of aliphatic hydroxyl groups is 5. The Balaban J connectivity index is 2.14. The minimum atomic E-state index is -5.30. The maximum absolute atomic E-state index is 13.9. The second-order valence-corrected chi connectivity index (χ2v) is 22.0. The first-order chi connectivity index (χ1) is 35.6. The van der Waals surface area contributed by atoms with Crippen LogP contribution in [0, 0.1) is 0 Å². The molecule has 74 heavy (non-hydrogen) atoms. The van der Waals surface area contributed by atoms with Crippen LogP contribution in [0.4, 0.5) is 0 Å². The number of carbonyl (C=O) groups excluding carboxylic acids is 3. The van der Waals surface area contributed by atoms with Gasteiger partial charge in [-0.1, -0.05) is 181 Å². The highest BCUT2D eigenvalue weighted by Gasteiger charge is 2.51. The Hall–Kier alpha value is -1.84. The largest absolute Gasteiger partial charge is 0.470 e. The molecule has 0 aromatic rings. The van der Waals surface area contributed by atoms with Crippen molar-refractivity contribution in [3.05, 3.63) is 0 Å². The minimum absolute atomic E-state index is 0.0779. The van der Waals surface area contributed by atoms with Crippen LogP contribution in [-0.4, -0.2) is 146 Å². The van der Waals surface area contributed by atoms with Gasteiger partial charge in [0.05, 0.1) is 32.2 Å². The Bertz CT molecular complexity index is 1500. The number of esters is 1. The topological polar surface area (TPSA) is 289 Å². The number of nitrogens with one attached hydrogen (secondary N) is 2. The lowest BCUT2D eigenvalue weighted by Gasteiger charge is -2.45. The van der Waals surface area contributed by atoms with Gasteiger partial charge in [-0.05, 0) is 32.6 Å². The fraction of sp³-hybridized carbons (Fsp3) is 0.944. The normalized spacial score (nSPS) is 25.1. The lowest BCUT2D eigenvalue weighted by Crippen LogP contribution is -2.67. The number of ether oxygens (including phenoxy) is 5. The molecule has 19 nitrogen and oxygen atoms in total. The second-order valence-electron chi connectivity index (χ2n) is 20.8. The number of unbranched alkanes of at least 4 members (excludes halogenated alkanes) is 24. The van der Waals surface area contributed by atoms with Gasteiger partial charge >= 0.3 is 13.8 Å². The smallest absolute Gasteiger partial charge is 0.462 e. The van der Waals surface area contributed by atoms with Crippen LogP contribution in [0.2, 0.25) is 0 Å². The number of phosphoric acid groups is 1. The zero-order valence-corrected chi connectivity index (χ0v) is 46.7. The van der Waals surface area contributed by atoms with Gasteiger partial charge in [0.15, 0.2) is 12.6 Å². The summed E-state index contributed by atoms with van der Waals surface area (Å²) in [5, 5.41) is 60.3. The highest BCUT2D eigenvalue weighted by Crippen LogP contribution is 2.41. The van der Waals surface area contributed by atoms with Crippen molar-refractivity contribution < 1.29 is 82.5 Å². The molecule has 0 aliphatic carbocycles. The molecular weight excluding hydrogens is 980 g/mol. The summed E-state index contributed by atoms with van der Waals surface area (Å²) in [4.78, 5) is 59.6. The van der Waals surface area contributed by atoms with E-state index in [1.807, 2.05) is 0 Å². The summed E-state index contributed by atoms with van der Waals surface area (Å²) >= 11 is 0. The predicted octanol–water partition coefficient (Wildman–Crippen LogP) is 7.83. The van der Waals surface area contributed by atoms with Gasteiger partial charge in [0, 0.05) is 13.0 Å². The molecule has 2 saturated heterocycles. The maximum Gasteiger partial charge on any atom is 0.470 e. The molecule has 0 aromatic carbocycles. The molecular formula is C54H103N2O17P. The molecule has 2 aliphatic heterocycles. The number of rotatable bonds is 45. The number of hydrogen-bond donors (Lipinski definition) is 9. The van der Waals surface area contributed by atoms with E-state index in [1.165, 1.54) is 89.9 Å². The summed E-state index contributed by atoms with van der Waals surface area (Å²) in [5.41, 5.74) is 0. The third kappa shape index (κ3) is 29.8. The third-order valence-electron chi connectivity index (χ3n) is 14.1. The molecule has 0 spiro atoms. The molecule has 2 amide bonds. The molecule has 2 aliphatic rings. The van der Waals surface area contributed by atoms with Crippen molar-refractivity contribution in [2.75, 3.05) is 19.8 Å². The molecule has 436 valence electrons. The summed E-state index contributed by atoms with van der Waals surface area (Å²) in [6.07, 6.45) is 15.0. The van der Waals surface area contributed by atoms with Crippen LogP contribution in [0.25, 0.3) is 0 Å². The van der Waals surface area contributed by atoms with E-state index in [9.17, 15) is 54.3 Å². The first-order valence-electron chi connectivity index (χ1n) is 29.0. The highest BCUT2D eigenvalue weighted by molar-refractivity contribution is 7.46. The molecule has 9 N–H and O–H groups in total. The van der Waals surface area contributed by atoms with E-state index in [0.717, 1.165) is 70.6 Å². The summed E-state index contributed by atoms with van der Waals surface area (Å²) in [6.45, 7) is 6.82. The Labute approximate surface area is 443 Å². The van der Waals surface area contributed by atoms with E-state index in [4.69, 9.17) is 28.2 Å². The van der Waals surface area contributed by atoms with Crippen LogP contribution in [0.1, 0.15) is 233 Å². The number of phosphoric ester groups is 1. The molecule has 0 bridgehead atoms. The molecule has 4 unspecified atom stereocenters. The van der Waals surface area contributed by atoms with Gasteiger partial charge in [-0.2, -0.15) is 0 Å². The summed E-state index contributed by atoms with van der Waals surface area (Å²) in [7, 11) is -5.30. The van der Waals surface area contributed by atoms with Crippen molar-refractivity contribution in [3.8, 4) is 0 Å². The fourth-order valence-electron chi connectivity index (χ4n) is 9.78. The number of aliphatic hydroxyl groups excluding tert-OH is 5. The van der Waals surface area contributed by atoms with Gasteiger partial charge in [0.1, 0.15) is 54.8 Å². The van der Waals surface area contributed by atoms with Crippen LogP contribution in [-0.2, 0) is 47.2 Å². The van der Waals surface area contributed by atoms with E-state index in [1.54, 1.807) is 6.92 Å². The van der Waals surface area contributed by atoms with Gasteiger partial charge in [0.2, 0.25) is 11.8 Å². The monoisotopic (exact) mass is 1080 g/mol. The van der Waals surface area contributed by atoms with Gasteiger partial charge in [-0.15, -0.1) is 0 Å². The molecule has 0 aromatic heterocycles. The Kier molecular flexibility index (Phi) is 38.0. The van der Waals surface area contributed by atoms with Crippen molar-refractivity contribution in [3.63, 3.8) is 0 Å². The number of carbonyl (C=O) groups is 3. The number of amides is 2. The van der Waals surface area contributed by atoms with Gasteiger partial charge < -0.3 is 69.6 Å². The van der Waals surface area contributed by atoms with E-state index in [2.05, 4.69) is 31.4 Å². The molecule has 0 radical (unpaired) electrons. The third-order valence-corrected chi connectivity index (χ3v) is 14.6. The summed E-state index contributed by atoms with van der Waals surface area (Å²) in [6, 6.07) is -2.85. The van der Waals surface area contributed by atoms with Crippen LogP contribution in [0.3, 0.4) is 0 Å². The van der Waals surface area contributed by atoms with Crippen molar-refractivity contribution >= 4 is 25.6 Å². The first-order valence-corrected chi connectivity index (χ1v) is 30.5. The summed E-state index contributed by atoms with van der Waals surface area (Å²) < 4.78 is 46.4. The Morgan fingerprint density at radius 2 is 0.986 bits per heavy atom. The average Bonchev–Trinajstić information content (AvgIpc) is 3.35. The maximum atomic E-state index is 13.9. The summed E-state index contributed by atoms with van der Waals surface area (Å²) in [5.74, 6) is -1.72. The highest BCUT2D eigenvalue weighted by atomic mass is 31.2. The van der Waals surface area contributed by atoms with Crippen LogP contribution in [0.15, 0.2) is 0 Å². The van der Waals surface area contributed by atoms with Crippen LogP contribution < -0.4 is 10.6 Å². The zero-order chi connectivity index (χ0) is 54.6. The SMILES string of the molecule is CCCCCCCCCCCC(=O)O[C@H](CCCCCCCCCCC)CC(=O)N[C@H]1C(OCC2OC(OCC)[C@H](NC(=O)C[C@H](O)CCCCCCCCCCC)[C@@H](O)[C@H]2O)OC(CO)[C@H](OP(=O)(O)O)[C@@H]1O. The predicted molar refractivity (Wildman–Crippen MR) is 281 cm³/mol. The second kappa shape index (κ2) is 41.2. The lowest BCUT2D eigenvalue weighted by atomic mass is 9.95. The molecule has 2 fully saturated rings. The van der Waals surface area contributed by atoms with E-state index < -0.39 is 112 Å². The average molecular weight is 1080 g/mol. The number of hydrogen-bond acceptors (Lipinski definition) is 15. The molecule has 2 heterocycles. The van der Waals surface area contributed by atoms with Gasteiger partial charge in [-0.3, -0.25) is 18.9 Å². The van der Waals surface area contributed by atoms with Crippen molar-refractivity contribution in [1.29, 1.82) is 0 Å². The molecule has 20 heteroatoms.